The highest BCUT2D eigenvalue weighted by Gasteiger charge is 2.24. The minimum atomic E-state index is -0.466. The van der Waals surface area contributed by atoms with Crippen LogP contribution < -0.4 is 11.2 Å². The van der Waals surface area contributed by atoms with Gasteiger partial charge in [0.05, 0.1) is 5.75 Å². The topological polar surface area (TPSA) is 103 Å². The molecule has 0 saturated carbocycles. The summed E-state index contributed by atoms with van der Waals surface area (Å²) in [6.45, 7) is 9.62. The molecular weight excluding hydrogens is 390 g/mol. The number of hydrogen-bond donors (Lipinski definition) is 1. The molecule has 3 heterocycles. The number of aromatic nitrogens is 5. The number of H-pyrrole nitrogens is 1. The molecule has 0 aromatic carbocycles. The van der Waals surface area contributed by atoms with Crippen LogP contribution in [0.4, 0.5) is 0 Å². The lowest BCUT2D eigenvalue weighted by Gasteiger charge is -2.19. The second-order valence-corrected chi connectivity index (χ2v) is 9.17. The summed E-state index contributed by atoms with van der Waals surface area (Å²) >= 11 is 1.20. The number of carbonyl (C=O) groups excluding carboxylic acids is 1. The molecule has 0 amide bonds. The Hall–Kier alpha value is -2.68. The first kappa shape index (κ1) is 21.0. The van der Waals surface area contributed by atoms with Crippen molar-refractivity contribution in [1.82, 2.24) is 24.1 Å². The van der Waals surface area contributed by atoms with Crippen molar-refractivity contribution in [3.8, 4) is 0 Å². The maximum Gasteiger partial charge on any atom is 0.332 e. The van der Waals surface area contributed by atoms with E-state index in [0.717, 1.165) is 16.0 Å². The van der Waals surface area contributed by atoms with Crippen molar-refractivity contribution >= 4 is 28.6 Å². The van der Waals surface area contributed by atoms with Crippen LogP contribution in [0.25, 0.3) is 11.0 Å². The molecule has 0 atom stereocenters. The van der Waals surface area contributed by atoms with Gasteiger partial charge in [-0.25, -0.2) is 14.8 Å². The Morgan fingerprint density at radius 1 is 1.14 bits per heavy atom. The number of thioether (sulfide) groups is 1. The van der Waals surface area contributed by atoms with Gasteiger partial charge in [-0.3, -0.25) is 18.7 Å². The van der Waals surface area contributed by atoms with Crippen molar-refractivity contribution in [2.24, 2.45) is 14.1 Å². The van der Waals surface area contributed by atoms with E-state index in [2.05, 4.69) is 15.0 Å². The minimum Gasteiger partial charge on any atom is -0.362 e. The zero-order valence-electron chi connectivity index (χ0n) is 17.7. The van der Waals surface area contributed by atoms with E-state index < -0.39 is 11.2 Å². The number of fused-ring (bicyclic) bond motifs is 1. The van der Waals surface area contributed by atoms with Gasteiger partial charge < -0.3 is 4.98 Å². The van der Waals surface area contributed by atoms with Crippen LogP contribution in [0.15, 0.2) is 20.7 Å². The molecule has 0 aliphatic carbocycles. The Balaban J connectivity index is 2.15. The third-order valence-corrected chi connectivity index (χ3v) is 5.70. The number of rotatable bonds is 4. The van der Waals surface area contributed by atoms with Gasteiger partial charge in [0.25, 0.3) is 5.56 Å². The van der Waals surface area contributed by atoms with Gasteiger partial charge in [-0.2, -0.15) is 0 Å². The molecule has 0 saturated heterocycles. The van der Waals surface area contributed by atoms with Gasteiger partial charge in [0.15, 0.2) is 11.4 Å². The summed E-state index contributed by atoms with van der Waals surface area (Å²) in [5.41, 5.74) is 1.33. The monoisotopic (exact) mass is 415 g/mol. The summed E-state index contributed by atoms with van der Waals surface area (Å²) in [6.07, 6.45) is 0. The fourth-order valence-corrected chi connectivity index (χ4v) is 3.99. The zero-order valence-corrected chi connectivity index (χ0v) is 18.5. The highest BCUT2D eigenvalue weighted by Crippen LogP contribution is 2.27. The lowest BCUT2D eigenvalue weighted by atomic mass is 9.96. The quantitative estimate of drug-likeness (QED) is 0.398. The van der Waals surface area contributed by atoms with E-state index in [1.165, 1.54) is 23.4 Å². The normalized spacial score (nSPS) is 12.0. The van der Waals surface area contributed by atoms with E-state index in [4.69, 9.17) is 0 Å². The van der Waals surface area contributed by atoms with Crippen LogP contribution in [0.5, 0.6) is 0 Å². The molecule has 0 spiro atoms. The molecule has 3 rings (SSSR count). The summed E-state index contributed by atoms with van der Waals surface area (Å²) in [5.74, 6) is 0.583. The second kappa shape index (κ2) is 7.29. The van der Waals surface area contributed by atoms with Crippen LogP contribution in [-0.4, -0.2) is 35.6 Å². The number of aryl methyl sites for hydroxylation is 3. The highest BCUT2D eigenvalue weighted by molar-refractivity contribution is 8.00. The highest BCUT2D eigenvalue weighted by atomic mass is 32.2. The van der Waals surface area contributed by atoms with Crippen molar-refractivity contribution in [1.29, 1.82) is 0 Å². The fourth-order valence-electron chi connectivity index (χ4n) is 3.09. The minimum absolute atomic E-state index is 0.0532. The number of aromatic amines is 1. The van der Waals surface area contributed by atoms with E-state index in [9.17, 15) is 14.4 Å². The van der Waals surface area contributed by atoms with E-state index in [1.807, 2.05) is 40.7 Å². The van der Waals surface area contributed by atoms with E-state index >= 15 is 0 Å². The number of carbonyl (C=O) groups is 1. The van der Waals surface area contributed by atoms with Gasteiger partial charge in [-0.15, -0.1) is 0 Å². The molecule has 3 aromatic rings. The SMILES string of the molecule is Cc1cc(C(=O)CSc2nc(C(C)(C)C)nc3c2c(=O)n(C)c(=O)n3C)c(C)[nH]1. The Labute approximate surface area is 172 Å². The molecule has 154 valence electrons. The Morgan fingerprint density at radius 3 is 2.34 bits per heavy atom. The first-order valence-electron chi connectivity index (χ1n) is 9.22. The summed E-state index contributed by atoms with van der Waals surface area (Å²) in [4.78, 5) is 50.1. The average Bonchev–Trinajstić information content (AvgIpc) is 2.99. The molecule has 0 aliphatic heterocycles. The standard InChI is InChI=1S/C20H25N5O3S/c1-10-8-12(11(2)21-10)13(26)9-29-16-14-15(22-18(23-16)20(3,4)5)24(6)19(28)25(7)17(14)27/h8,21H,9H2,1-7H3. The van der Waals surface area contributed by atoms with Gasteiger partial charge >= 0.3 is 5.69 Å². The van der Waals surface area contributed by atoms with Crippen LogP contribution in [0.2, 0.25) is 0 Å². The zero-order chi connectivity index (χ0) is 21.7. The Kier molecular flexibility index (Phi) is 5.29. The molecular formula is C20H25N5O3S. The predicted molar refractivity (Wildman–Crippen MR) is 114 cm³/mol. The number of nitrogens with one attached hydrogen (secondary N) is 1. The predicted octanol–water partition coefficient (Wildman–Crippen LogP) is 2.24. The molecule has 0 fully saturated rings. The van der Waals surface area contributed by atoms with E-state index in [-0.39, 0.29) is 28.0 Å². The molecule has 0 unspecified atom stereocenters. The smallest absolute Gasteiger partial charge is 0.332 e. The molecule has 0 aliphatic rings. The van der Waals surface area contributed by atoms with Crippen LogP contribution in [0.3, 0.4) is 0 Å². The third kappa shape index (κ3) is 3.78. The van der Waals surface area contributed by atoms with Gasteiger partial charge in [0.1, 0.15) is 16.2 Å². The molecule has 0 bridgehead atoms. The summed E-state index contributed by atoms with van der Waals surface area (Å²) < 4.78 is 2.38. The Bertz CT molecular complexity index is 1240. The van der Waals surface area contributed by atoms with Crippen LogP contribution in [0.1, 0.15) is 48.3 Å². The molecule has 3 aromatic heterocycles. The van der Waals surface area contributed by atoms with Gasteiger partial charge in [-0.1, -0.05) is 32.5 Å². The molecule has 0 radical (unpaired) electrons. The number of nitrogens with zero attached hydrogens (tertiary/aromatic N) is 4. The molecule has 29 heavy (non-hydrogen) atoms. The molecule has 1 N–H and O–H groups in total. The van der Waals surface area contributed by atoms with Gasteiger partial charge in [-0.05, 0) is 19.9 Å². The fraction of sp³-hybridized carbons (Fsp3) is 0.450. The van der Waals surface area contributed by atoms with Crippen LogP contribution in [-0.2, 0) is 19.5 Å². The van der Waals surface area contributed by atoms with Gasteiger partial charge in [0.2, 0.25) is 0 Å². The lowest BCUT2D eigenvalue weighted by Crippen LogP contribution is -2.38. The second-order valence-electron chi connectivity index (χ2n) is 8.21. The average molecular weight is 416 g/mol. The Morgan fingerprint density at radius 2 is 1.79 bits per heavy atom. The van der Waals surface area contributed by atoms with Crippen molar-refractivity contribution in [3.63, 3.8) is 0 Å². The van der Waals surface area contributed by atoms with Crippen molar-refractivity contribution in [3.05, 3.63) is 49.7 Å². The first-order valence-corrected chi connectivity index (χ1v) is 10.2. The largest absolute Gasteiger partial charge is 0.362 e. The van der Waals surface area contributed by atoms with Crippen molar-refractivity contribution in [2.45, 2.75) is 45.1 Å². The van der Waals surface area contributed by atoms with E-state index in [0.29, 0.717) is 16.4 Å². The molecule has 8 nitrogen and oxygen atoms in total. The summed E-state index contributed by atoms with van der Waals surface area (Å²) in [6, 6.07) is 1.82. The maximum atomic E-state index is 12.8. The maximum absolute atomic E-state index is 12.8. The van der Waals surface area contributed by atoms with Crippen molar-refractivity contribution in [2.75, 3.05) is 5.75 Å². The summed E-state index contributed by atoms with van der Waals surface area (Å²) in [7, 11) is 3.00. The third-order valence-electron chi connectivity index (χ3n) is 4.73. The number of Topliss-reactive ketones (excluding diaryl/α,β-unsaturated/α-hetero) is 1. The van der Waals surface area contributed by atoms with Crippen LogP contribution in [0, 0.1) is 13.8 Å². The summed E-state index contributed by atoms with van der Waals surface area (Å²) in [5, 5.41) is 0.664. The first-order chi connectivity index (χ1) is 13.4. The number of hydrogen-bond acceptors (Lipinski definition) is 6. The van der Waals surface area contributed by atoms with Crippen LogP contribution >= 0.6 is 11.8 Å². The molecule has 9 heteroatoms. The van der Waals surface area contributed by atoms with Gasteiger partial charge in [0, 0.05) is 36.5 Å². The van der Waals surface area contributed by atoms with E-state index in [1.54, 1.807) is 7.05 Å². The number of ketones is 1. The van der Waals surface area contributed by atoms with Crippen molar-refractivity contribution < 1.29 is 4.79 Å². The lowest BCUT2D eigenvalue weighted by molar-refractivity contribution is 0.102.